The van der Waals surface area contributed by atoms with Crippen LogP contribution in [-0.2, 0) is 0 Å². The van der Waals surface area contributed by atoms with Gasteiger partial charge in [0.1, 0.15) is 5.15 Å². The predicted molar refractivity (Wildman–Crippen MR) is 232 cm³/mol. The van der Waals surface area contributed by atoms with Gasteiger partial charge < -0.3 is 29.3 Å². The molecule has 6 aromatic rings. The number of methoxy groups -OCH3 is 2. The Bertz CT molecular complexity index is 2530. The molecule has 6 aromatic heterocycles. The molecule has 10 heterocycles. The SMILES string of the molecule is COc1cc(-c2ccc3c(n2)N(C(=O)Nc2cnccn2)[C@H]2CCN3C2)ccn1.COc1cc(B(O)O)ccn1.O=C(Nc1cnccn1)N1c2nc(Cl)ccc2N2CC[C@H]1C2. The predicted octanol–water partition coefficient (Wildman–Crippen LogP) is 3.50. The minimum Gasteiger partial charge on any atom is -0.481 e. The highest BCUT2D eigenvalue weighted by Crippen LogP contribution is 2.41. The number of hydrogen-bond acceptors (Lipinski definition) is 16. The summed E-state index contributed by atoms with van der Waals surface area (Å²) in [4.78, 5) is 67.0. The van der Waals surface area contributed by atoms with Crippen molar-refractivity contribution in [3.05, 3.63) is 103 Å². The van der Waals surface area contributed by atoms with Gasteiger partial charge in [0.05, 0.1) is 55.8 Å². The minimum absolute atomic E-state index is 0.0638. The molecule has 2 fully saturated rings. The maximum atomic E-state index is 13.1. The lowest BCUT2D eigenvalue weighted by atomic mass is 9.81. The maximum Gasteiger partial charge on any atom is 0.488 e. The van der Waals surface area contributed by atoms with E-state index in [1.165, 1.54) is 44.0 Å². The van der Waals surface area contributed by atoms with Gasteiger partial charge >= 0.3 is 19.2 Å². The topological polar surface area (TPSA) is 233 Å². The molecule has 0 unspecified atom stereocenters. The van der Waals surface area contributed by atoms with Crippen LogP contribution < -0.4 is 45.2 Å². The molecule has 4 bridgehead atoms. The van der Waals surface area contributed by atoms with Gasteiger partial charge in [0.25, 0.3) is 0 Å². The largest absolute Gasteiger partial charge is 0.488 e. The van der Waals surface area contributed by atoms with Crippen LogP contribution in [0.2, 0.25) is 5.15 Å². The zero-order chi connectivity index (χ0) is 43.2. The summed E-state index contributed by atoms with van der Waals surface area (Å²) in [7, 11) is 1.58. The van der Waals surface area contributed by atoms with E-state index in [1.54, 1.807) is 47.8 Å². The number of aromatic nitrogens is 8. The fourth-order valence-corrected chi connectivity index (χ4v) is 7.67. The number of pyridine rings is 4. The van der Waals surface area contributed by atoms with Gasteiger partial charge in [-0.05, 0) is 54.7 Å². The Morgan fingerprint density at radius 2 is 1.24 bits per heavy atom. The van der Waals surface area contributed by atoms with Crippen LogP contribution in [0.1, 0.15) is 12.8 Å². The molecule has 62 heavy (non-hydrogen) atoms. The van der Waals surface area contributed by atoms with Crippen LogP contribution in [0, 0.1) is 0 Å². The first-order valence-electron chi connectivity index (χ1n) is 19.5. The van der Waals surface area contributed by atoms with Crippen molar-refractivity contribution in [3.8, 4) is 23.0 Å². The maximum absolute atomic E-state index is 13.1. The van der Waals surface area contributed by atoms with E-state index < -0.39 is 7.12 Å². The quantitative estimate of drug-likeness (QED) is 0.139. The number of carbonyl (C=O) groups excluding carboxylic acids is 2. The van der Waals surface area contributed by atoms with Crippen molar-refractivity contribution < 1.29 is 29.1 Å². The van der Waals surface area contributed by atoms with Crippen molar-refractivity contribution in [2.24, 2.45) is 0 Å². The van der Waals surface area contributed by atoms with Crippen LogP contribution in [0.5, 0.6) is 11.8 Å². The molecule has 0 aromatic carbocycles. The van der Waals surface area contributed by atoms with Crippen LogP contribution in [0.3, 0.4) is 0 Å². The normalized spacial score (nSPS) is 16.4. The van der Waals surface area contributed by atoms with E-state index in [0.717, 1.165) is 61.7 Å². The van der Waals surface area contributed by atoms with Gasteiger partial charge in [-0.1, -0.05) is 11.6 Å². The summed E-state index contributed by atoms with van der Waals surface area (Å²) in [5.74, 6) is 2.96. The Kier molecular flexibility index (Phi) is 12.4. The monoisotopic (exact) mass is 858 g/mol. The molecule has 4 N–H and O–H groups in total. The van der Waals surface area contributed by atoms with Gasteiger partial charge in [-0.25, -0.2) is 39.5 Å². The molecule has 0 aliphatic carbocycles. The third-order valence-corrected chi connectivity index (χ3v) is 10.6. The van der Waals surface area contributed by atoms with Crippen LogP contribution in [0.15, 0.2) is 98.1 Å². The number of anilines is 6. The molecule has 20 nitrogen and oxygen atoms in total. The molecule has 0 spiro atoms. The molecular formula is C40H40BClN14O6. The Balaban J connectivity index is 0.000000141. The van der Waals surface area contributed by atoms with Crippen molar-refractivity contribution in [3.63, 3.8) is 0 Å². The number of ether oxygens (including phenoxy) is 2. The third-order valence-electron chi connectivity index (χ3n) is 10.4. The summed E-state index contributed by atoms with van der Waals surface area (Å²) in [5.41, 5.74) is 3.90. The Labute approximate surface area is 360 Å². The third kappa shape index (κ3) is 9.09. The number of rotatable bonds is 6. The molecule has 2 saturated heterocycles. The fourth-order valence-electron chi connectivity index (χ4n) is 7.52. The summed E-state index contributed by atoms with van der Waals surface area (Å²) in [6.45, 7) is 3.42. The molecule has 0 saturated carbocycles. The summed E-state index contributed by atoms with van der Waals surface area (Å²) in [6.07, 6.45) is 14.2. The highest BCUT2D eigenvalue weighted by atomic mass is 35.5. The number of nitrogens with one attached hydrogen (secondary N) is 2. The highest BCUT2D eigenvalue weighted by Gasteiger charge is 2.41. The second-order valence-electron chi connectivity index (χ2n) is 14.2. The number of nitrogens with zero attached hydrogens (tertiary/aromatic N) is 12. The number of urea groups is 2. The van der Waals surface area contributed by atoms with E-state index in [-0.39, 0.29) is 24.1 Å². The first-order chi connectivity index (χ1) is 30.2. The number of carbonyl (C=O) groups is 2. The van der Waals surface area contributed by atoms with Crippen molar-refractivity contribution in [2.75, 3.05) is 70.6 Å². The number of fused-ring (bicyclic) bond motifs is 8. The first-order valence-corrected chi connectivity index (χ1v) is 19.8. The molecule has 316 valence electrons. The lowest BCUT2D eigenvalue weighted by Gasteiger charge is -2.35. The lowest BCUT2D eigenvalue weighted by molar-refractivity contribution is 0.254. The summed E-state index contributed by atoms with van der Waals surface area (Å²) in [5, 5.41) is 23.4. The molecule has 4 aliphatic rings. The number of halogens is 1. The summed E-state index contributed by atoms with van der Waals surface area (Å²) in [6, 6.07) is 14.0. The van der Waals surface area contributed by atoms with Crippen LogP contribution in [0.4, 0.5) is 44.2 Å². The van der Waals surface area contributed by atoms with E-state index in [1.807, 2.05) is 30.3 Å². The van der Waals surface area contributed by atoms with E-state index in [9.17, 15) is 9.59 Å². The molecular weight excluding hydrogens is 819 g/mol. The van der Waals surface area contributed by atoms with Crippen molar-refractivity contribution in [1.82, 2.24) is 39.9 Å². The molecule has 22 heteroatoms. The van der Waals surface area contributed by atoms with Gasteiger partial charge in [0, 0.05) is 81.1 Å². The zero-order valence-corrected chi connectivity index (χ0v) is 34.2. The zero-order valence-electron chi connectivity index (χ0n) is 33.5. The fraction of sp³-hybridized carbons (Fsp3) is 0.250. The number of hydrogen-bond donors (Lipinski definition) is 4. The van der Waals surface area contributed by atoms with Crippen LogP contribution in [0.25, 0.3) is 11.3 Å². The Morgan fingerprint density at radius 3 is 1.79 bits per heavy atom. The van der Waals surface area contributed by atoms with E-state index in [0.29, 0.717) is 45.6 Å². The first kappa shape index (κ1) is 41.5. The second kappa shape index (κ2) is 18.6. The molecule has 4 aliphatic heterocycles. The summed E-state index contributed by atoms with van der Waals surface area (Å²) >= 11 is 6.01. The smallest absolute Gasteiger partial charge is 0.481 e. The average molecular weight is 859 g/mol. The Hall–Kier alpha value is -7.23. The standard InChI is InChI=1S/C20H19N7O2.C14H13ClN6O.C6H8BNO3/c1-29-18-10-13(4-6-23-18)15-2-3-16-19(24-15)27(14-5-9-26(16)12-14)20(28)25-17-11-21-7-8-22-17;15-11-2-1-10-13(18-11)21(9-3-6-20(10)8-9)14(22)19-12-7-16-4-5-17-12;1-11-6-4-5(7(9)10)2-3-8-6/h2-4,6-8,10-11,14H,5,9,12H2,1H3,(H,22,25,28);1-2,4-5,7,9H,3,6,8H2,(H,17,19,22);2-4,9-10H,1H3/t14-;9-;/m00./s1. The second-order valence-corrected chi connectivity index (χ2v) is 14.6. The minimum atomic E-state index is -1.47. The number of amides is 4. The van der Waals surface area contributed by atoms with Crippen molar-refractivity contribution in [1.29, 1.82) is 0 Å². The van der Waals surface area contributed by atoms with Gasteiger partial charge in [-0.15, -0.1) is 0 Å². The van der Waals surface area contributed by atoms with Crippen LogP contribution >= 0.6 is 11.6 Å². The average Bonchev–Trinajstić information content (AvgIpc) is 3.92. The molecule has 4 amide bonds. The van der Waals surface area contributed by atoms with Gasteiger partial charge in [0.2, 0.25) is 11.8 Å². The van der Waals surface area contributed by atoms with Gasteiger partial charge in [-0.3, -0.25) is 30.4 Å². The van der Waals surface area contributed by atoms with Crippen molar-refractivity contribution in [2.45, 2.75) is 24.9 Å². The van der Waals surface area contributed by atoms with Gasteiger partial charge in [-0.2, -0.15) is 0 Å². The van der Waals surface area contributed by atoms with E-state index in [2.05, 4.69) is 55.3 Å². The Morgan fingerprint density at radius 1 is 0.694 bits per heavy atom. The molecule has 0 radical (unpaired) electrons. The lowest BCUT2D eigenvalue weighted by Crippen LogP contribution is -2.48. The van der Waals surface area contributed by atoms with E-state index >= 15 is 0 Å². The summed E-state index contributed by atoms with van der Waals surface area (Å²) < 4.78 is 10.00. The van der Waals surface area contributed by atoms with E-state index in [4.69, 9.17) is 36.1 Å². The van der Waals surface area contributed by atoms with Crippen LogP contribution in [-0.4, -0.2) is 122 Å². The molecule has 2 atom stereocenters. The molecule has 10 rings (SSSR count). The van der Waals surface area contributed by atoms with Gasteiger partial charge in [0.15, 0.2) is 23.3 Å². The highest BCUT2D eigenvalue weighted by molar-refractivity contribution is 6.58. The van der Waals surface area contributed by atoms with Crippen molar-refractivity contribution >= 4 is 70.9 Å².